The molecule has 76 valence electrons. The van der Waals surface area contributed by atoms with E-state index < -0.39 is 0 Å². The Balaban J connectivity index is 2.49. The molecule has 0 unspecified atom stereocenters. The number of hydrogen-bond acceptors (Lipinski definition) is 2. The second-order valence-electron chi connectivity index (χ2n) is 4.10. The molecule has 1 saturated carbocycles. The average Bonchev–Trinajstić information content (AvgIpc) is 2.92. The molecule has 0 spiro atoms. The van der Waals surface area contributed by atoms with Gasteiger partial charge in [-0.05, 0) is 37.0 Å². The zero-order chi connectivity index (χ0) is 10.3. The van der Waals surface area contributed by atoms with E-state index in [1.807, 2.05) is 0 Å². The van der Waals surface area contributed by atoms with Gasteiger partial charge in [0.1, 0.15) is 11.6 Å². The Morgan fingerprint density at radius 3 is 2.64 bits per heavy atom. The predicted molar refractivity (Wildman–Crippen MR) is 52.8 cm³/mol. The first-order valence-electron chi connectivity index (χ1n) is 4.79. The lowest BCUT2D eigenvalue weighted by molar-refractivity contribution is 0.461. The van der Waals surface area contributed by atoms with E-state index in [9.17, 15) is 9.50 Å². The lowest BCUT2D eigenvalue weighted by Crippen LogP contribution is -2.21. The van der Waals surface area contributed by atoms with Crippen LogP contribution in [0.3, 0.4) is 0 Å². The van der Waals surface area contributed by atoms with Crippen molar-refractivity contribution in [2.24, 2.45) is 5.73 Å². The second kappa shape index (κ2) is 2.95. The molecule has 3 heteroatoms. The topological polar surface area (TPSA) is 46.2 Å². The summed E-state index contributed by atoms with van der Waals surface area (Å²) in [6.07, 6.45) is 1.90. The van der Waals surface area contributed by atoms with Gasteiger partial charge in [0.05, 0.1) is 0 Å². The second-order valence-corrected chi connectivity index (χ2v) is 4.10. The highest BCUT2D eigenvalue weighted by molar-refractivity contribution is 5.42. The summed E-state index contributed by atoms with van der Waals surface area (Å²) in [6, 6.07) is 2.89. The summed E-state index contributed by atoms with van der Waals surface area (Å²) in [4.78, 5) is 0. The third-order valence-electron chi connectivity index (χ3n) is 3.10. The van der Waals surface area contributed by atoms with Crippen LogP contribution in [-0.4, -0.2) is 11.7 Å². The van der Waals surface area contributed by atoms with Crippen molar-refractivity contribution in [3.63, 3.8) is 0 Å². The fraction of sp³-hybridized carbons (Fsp3) is 0.455. The van der Waals surface area contributed by atoms with Gasteiger partial charge in [-0.2, -0.15) is 0 Å². The maximum Gasteiger partial charge on any atom is 0.130 e. The molecule has 0 aromatic heterocycles. The number of phenolic OH excluding ortho intramolecular Hbond substituents is 1. The maximum atomic E-state index is 13.5. The summed E-state index contributed by atoms with van der Waals surface area (Å²) in [6.45, 7) is 2.25. The number of benzene rings is 1. The number of rotatable bonds is 2. The lowest BCUT2D eigenvalue weighted by Gasteiger charge is -2.15. The fourth-order valence-corrected chi connectivity index (χ4v) is 1.81. The molecule has 1 fully saturated rings. The minimum absolute atomic E-state index is 0.0130. The van der Waals surface area contributed by atoms with E-state index in [1.165, 1.54) is 6.07 Å². The van der Waals surface area contributed by atoms with Crippen LogP contribution >= 0.6 is 0 Å². The first-order chi connectivity index (χ1) is 6.59. The van der Waals surface area contributed by atoms with E-state index in [0.29, 0.717) is 17.7 Å². The molecule has 1 aromatic rings. The zero-order valence-electron chi connectivity index (χ0n) is 8.18. The predicted octanol–water partition coefficient (Wildman–Crippen LogP) is 1.83. The fourth-order valence-electron chi connectivity index (χ4n) is 1.81. The molecule has 0 aliphatic heterocycles. The van der Waals surface area contributed by atoms with Gasteiger partial charge in [0.25, 0.3) is 0 Å². The monoisotopic (exact) mass is 195 g/mol. The van der Waals surface area contributed by atoms with Gasteiger partial charge in [0, 0.05) is 18.0 Å². The van der Waals surface area contributed by atoms with Crippen molar-refractivity contribution in [1.82, 2.24) is 0 Å². The molecule has 0 heterocycles. The summed E-state index contributed by atoms with van der Waals surface area (Å²) in [5, 5.41) is 9.31. The molecule has 2 rings (SSSR count). The third-order valence-corrected chi connectivity index (χ3v) is 3.10. The van der Waals surface area contributed by atoms with Crippen LogP contribution in [0, 0.1) is 12.7 Å². The first-order valence-corrected chi connectivity index (χ1v) is 4.79. The van der Waals surface area contributed by atoms with Gasteiger partial charge >= 0.3 is 0 Å². The van der Waals surface area contributed by atoms with Crippen LogP contribution in [0.5, 0.6) is 5.75 Å². The number of nitrogens with two attached hydrogens (primary N) is 1. The third kappa shape index (κ3) is 1.28. The Labute approximate surface area is 82.5 Å². The molecule has 1 aliphatic carbocycles. The van der Waals surface area contributed by atoms with Gasteiger partial charge in [0.2, 0.25) is 0 Å². The number of phenols is 1. The molecule has 0 amide bonds. The van der Waals surface area contributed by atoms with E-state index >= 15 is 0 Å². The standard InChI is InChI=1S/C11H14FNO/c1-7-4-8(9(12)5-10(7)14)11(6-13)2-3-11/h4-5,14H,2-3,6,13H2,1H3. The highest BCUT2D eigenvalue weighted by Crippen LogP contribution is 2.48. The van der Waals surface area contributed by atoms with Crippen LogP contribution in [-0.2, 0) is 5.41 Å². The van der Waals surface area contributed by atoms with Gasteiger partial charge < -0.3 is 10.8 Å². The molecule has 3 N–H and O–H groups in total. The van der Waals surface area contributed by atoms with Crippen molar-refractivity contribution in [2.75, 3.05) is 6.54 Å². The maximum absolute atomic E-state index is 13.5. The molecular formula is C11H14FNO. The summed E-state index contributed by atoms with van der Waals surface area (Å²) in [5.41, 5.74) is 6.85. The number of halogens is 1. The Hall–Kier alpha value is -1.09. The van der Waals surface area contributed by atoms with Gasteiger partial charge in [-0.25, -0.2) is 4.39 Å². The van der Waals surface area contributed by atoms with E-state index in [4.69, 9.17) is 5.73 Å². The van der Waals surface area contributed by atoms with Crippen LogP contribution in [0.1, 0.15) is 24.0 Å². The SMILES string of the molecule is Cc1cc(C2(CN)CC2)c(F)cc1O. The van der Waals surface area contributed by atoms with E-state index in [2.05, 4.69) is 0 Å². The Bertz CT molecular complexity index is 372. The Morgan fingerprint density at radius 1 is 1.50 bits per heavy atom. The quantitative estimate of drug-likeness (QED) is 0.756. The van der Waals surface area contributed by atoms with Gasteiger partial charge in [-0.1, -0.05) is 0 Å². The van der Waals surface area contributed by atoms with Crippen molar-refractivity contribution >= 4 is 0 Å². The minimum atomic E-state index is -0.337. The van der Waals surface area contributed by atoms with Crippen LogP contribution in [0.15, 0.2) is 12.1 Å². The molecule has 14 heavy (non-hydrogen) atoms. The van der Waals surface area contributed by atoms with Crippen LogP contribution in [0.2, 0.25) is 0 Å². The minimum Gasteiger partial charge on any atom is -0.508 e. The number of aromatic hydroxyl groups is 1. The lowest BCUT2D eigenvalue weighted by atomic mass is 9.94. The highest BCUT2D eigenvalue weighted by atomic mass is 19.1. The smallest absolute Gasteiger partial charge is 0.130 e. The van der Waals surface area contributed by atoms with Crippen molar-refractivity contribution in [3.05, 3.63) is 29.1 Å². The largest absolute Gasteiger partial charge is 0.508 e. The van der Waals surface area contributed by atoms with Crippen LogP contribution in [0.25, 0.3) is 0 Å². The van der Waals surface area contributed by atoms with Crippen molar-refractivity contribution in [2.45, 2.75) is 25.2 Å². The van der Waals surface area contributed by atoms with Gasteiger partial charge in [-0.3, -0.25) is 0 Å². The molecule has 1 aromatic carbocycles. The average molecular weight is 195 g/mol. The molecule has 0 atom stereocenters. The molecule has 0 radical (unpaired) electrons. The number of aryl methyl sites for hydroxylation is 1. The normalized spacial score (nSPS) is 18.2. The van der Waals surface area contributed by atoms with E-state index in [1.54, 1.807) is 13.0 Å². The molecule has 0 bridgehead atoms. The van der Waals surface area contributed by atoms with E-state index in [-0.39, 0.29) is 17.0 Å². The summed E-state index contributed by atoms with van der Waals surface area (Å²) < 4.78 is 13.5. The number of hydrogen-bond donors (Lipinski definition) is 2. The van der Waals surface area contributed by atoms with Crippen molar-refractivity contribution < 1.29 is 9.50 Å². The Kier molecular flexibility index (Phi) is 2.00. The van der Waals surface area contributed by atoms with Gasteiger partial charge in [0.15, 0.2) is 0 Å². The summed E-state index contributed by atoms with van der Waals surface area (Å²) in [5.74, 6) is -0.324. The van der Waals surface area contributed by atoms with Crippen LogP contribution < -0.4 is 5.73 Å². The van der Waals surface area contributed by atoms with Crippen molar-refractivity contribution in [3.8, 4) is 5.75 Å². The van der Waals surface area contributed by atoms with Crippen molar-refractivity contribution in [1.29, 1.82) is 0 Å². The van der Waals surface area contributed by atoms with Gasteiger partial charge in [-0.15, -0.1) is 0 Å². The first kappa shape index (κ1) is 9.46. The molecular weight excluding hydrogens is 181 g/mol. The molecule has 1 aliphatic rings. The highest BCUT2D eigenvalue weighted by Gasteiger charge is 2.44. The molecule has 0 saturated heterocycles. The van der Waals surface area contributed by atoms with E-state index in [0.717, 1.165) is 12.8 Å². The summed E-state index contributed by atoms with van der Waals surface area (Å²) >= 11 is 0. The zero-order valence-corrected chi connectivity index (χ0v) is 8.18. The summed E-state index contributed by atoms with van der Waals surface area (Å²) in [7, 11) is 0. The Morgan fingerprint density at radius 2 is 2.14 bits per heavy atom. The van der Waals surface area contributed by atoms with Crippen LogP contribution in [0.4, 0.5) is 4.39 Å². The molecule has 2 nitrogen and oxygen atoms in total.